The Hall–Kier alpha value is -2.21. The number of H-pyrrole nitrogens is 1. The fourth-order valence-electron chi connectivity index (χ4n) is 2.42. The van der Waals surface area contributed by atoms with Crippen molar-refractivity contribution in [3.63, 3.8) is 0 Å². The molecule has 0 saturated heterocycles. The molecule has 1 aliphatic rings. The molecule has 114 valence electrons. The lowest BCUT2D eigenvalue weighted by Crippen LogP contribution is -2.12. The number of nitrogens with one attached hydrogen (secondary N) is 2. The second kappa shape index (κ2) is 6.27. The topological polar surface area (TPSA) is 67.0 Å². The maximum absolute atomic E-state index is 11.8. The van der Waals surface area contributed by atoms with E-state index in [4.69, 9.17) is 4.74 Å². The number of ether oxygens (including phenoxy) is 1. The number of thioether (sulfide) groups is 1. The number of aromatic nitrogens is 2. The number of hydrogen-bond acceptors (Lipinski definition) is 4. The molecule has 1 atom stereocenters. The molecule has 0 bridgehead atoms. The van der Waals surface area contributed by atoms with Gasteiger partial charge in [-0.2, -0.15) is 5.10 Å². The predicted octanol–water partition coefficient (Wildman–Crippen LogP) is 3.06. The zero-order chi connectivity index (χ0) is 15.5. The van der Waals surface area contributed by atoms with Gasteiger partial charge in [0.1, 0.15) is 12.4 Å². The quantitative estimate of drug-likeness (QED) is 0.851. The van der Waals surface area contributed by atoms with Crippen molar-refractivity contribution in [1.82, 2.24) is 10.2 Å². The molecule has 2 aromatic rings. The molecule has 0 unspecified atom stereocenters. The summed E-state index contributed by atoms with van der Waals surface area (Å²) in [7, 11) is 0. The number of carbonyl (C=O) groups is 1. The summed E-state index contributed by atoms with van der Waals surface area (Å²) < 4.78 is 5.51. The van der Waals surface area contributed by atoms with Crippen molar-refractivity contribution < 1.29 is 9.53 Å². The lowest BCUT2D eigenvalue weighted by atomic mass is 10.0. The highest BCUT2D eigenvalue weighted by atomic mass is 32.2. The van der Waals surface area contributed by atoms with Gasteiger partial charge in [-0.05, 0) is 24.6 Å². The Morgan fingerprint density at radius 3 is 2.95 bits per heavy atom. The highest BCUT2D eigenvalue weighted by Crippen LogP contribution is 2.42. The van der Waals surface area contributed by atoms with E-state index in [1.165, 1.54) is 0 Å². The number of benzene rings is 1. The van der Waals surface area contributed by atoms with Crippen LogP contribution in [-0.4, -0.2) is 28.5 Å². The Labute approximate surface area is 133 Å². The van der Waals surface area contributed by atoms with Crippen LogP contribution in [0.25, 0.3) is 0 Å². The molecule has 1 aromatic heterocycles. The SMILES string of the molecule is C=CCOc1ccc([C@@H]2SCC(=O)Nc3n[nH]c(C)c32)cc1. The van der Waals surface area contributed by atoms with E-state index in [1.54, 1.807) is 17.8 Å². The molecule has 1 aromatic carbocycles. The molecule has 0 aliphatic carbocycles. The minimum absolute atomic E-state index is 0.0220. The van der Waals surface area contributed by atoms with Crippen LogP contribution >= 0.6 is 11.8 Å². The van der Waals surface area contributed by atoms with Gasteiger partial charge in [0, 0.05) is 11.3 Å². The van der Waals surface area contributed by atoms with E-state index in [0.29, 0.717) is 18.2 Å². The second-order valence-electron chi connectivity index (χ2n) is 5.02. The van der Waals surface area contributed by atoms with Gasteiger partial charge in [0.25, 0.3) is 0 Å². The van der Waals surface area contributed by atoms with Crippen molar-refractivity contribution >= 4 is 23.5 Å². The van der Waals surface area contributed by atoms with Crippen molar-refractivity contribution in [3.05, 3.63) is 53.7 Å². The van der Waals surface area contributed by atoms with Crippen LogP contribution in [0, 0.1) is 6.92 Å². The van der Waals surface area contributed by atoms with Gasteiger partial charge in [-0.15, -0.1) is 11.8 Å². The zero-order valence-electron chi connectivity index (χ0n) is 12.3. The summed E-state index contributed by atoms with van der Waals surface area (Å²) in [6.45, 7) is 6.09. The maximum Gasteiger partial charge on any atom is 0.235 e. The van der Waals surface area contributed by atoms with E-state index in [1.807, 2.05) is 31.2 Å². The summed E-state index contributed by atoms with van der Waals surface area (Å²) in [4.78, 5) is 11.8. The molecule has 1 aliphatic heterocycles. The zero-order valence-corrected chi connectivity index (χ0v) is 13.1. The van der Waals surface area contributed by atoms with Crippen LogP contribution in [0.5, 0.6) is 5.75 Å². The Bertz CT molecular complexity index is 694. The molecule has 0 radical (unpaired) electrons. The molecule has 2 N–H and O–H groups in total. The highest BCUT2D eigenvalue weighted by Gasteiger charge is 2.28. The largest absolute Gasteiger partial charge is 0.490 e. The van der Waals surface area contributed by atoms with E-state index >= 15 is 0 Å². The molecular weight excluding hydrogens is 298 g/mol. The number of hydrogen-bond donors (Lipinski definition) is 2. The average molecular weight is 315 g/mol. The van der Waals surface area contributed by atoms with Gasteiger partial charge in [-0.3, -0.25) is 9.89 Å². The summed E-state index contributed by atoms with van der Waals surface area (Å²) in [5.41, 5.74) is 3.13. The van der Waals surface area contributed by atoms with Gasteiger partial charge in [0.05, 0.1) is 11.0 Å². The lowest BCUT2D eigenvalue weighted by molar-refractivity contribution is -0.113. The van der Waals surface area contributed by atoms with E-state index in [2.05, 4.69) is 22.1 Å². The van der Waals surface area contributed by atoms with Gasteiger partial charge < -0.3 is 10.1 Å². The Morgan fingerprint density at radius 2 is 2.23 bits per heavy atom. The highest BCUT2D eigenvalue weighted by molar-refractivity contribution is 8.00. The van der Waals surface area contributed by atoms with E-state index < -0.39 is 0 Å². The Kier molecular flexibility index (Phi) is 4.20. The van der Waals surface area contributed by atoms with Crippen molar-refractivity contribution in [2.24, 2.45) is 0 Å². The molecule has 22 heavy (non-hydrogen) atoms. The van der Waals surface area contributed by atoms with Crippen LogP contribution < -0.4 is 10.1 Å². The maximum atomic E-state index is 11.8. The summed E-state index contributed by atoms with van der Waals surface area (Å²) >= 11 is 1.60. The number of fused-ring (bicyclic) bond motifs is 1. The fraction of sp³-hybridized carbons (Fsp3) is 0.250. The average Bonchev–Trinajstić information content (AvgIpc) is 2.78. The van der Waals surface area contributed by atoms with Gasteiger partial charge in [-0.25, -0.2) is 0 Å². The van der Waals surface area contributed by atoms with E-state index in [9.17, 15) is 4.79 Å². The Morgan fingerprint density at radius 1 is 1.45 bits per heavy atom. The molecule has 6 heteroatoms. The summed E-state index contributed by atoms with van der Waals surface area (Å²) in [5.74, 6) is 1.83. The number of anilines is 1. The van der Waals surface area contributed by atoms with Crippen LogP contribution in [0.2, 0.25) is 0 Å². The van der Waals surface area contributed by atoms with Crippen molar-refractivity contribution in [3.8, 4) is 5.75 Å². The van der Waals surface area contributed by atoms with Crippen molar-refractivity contribution in [2.45, 2.75) is 12.2 Å². The number of aromatic amines is 1. The van der Waals surface area contributed by atoms with E-state index in [-0.39, 0.29) is 11.2 Å². The molecular formula is C16H17N3O2S. The Balaban J connectivity index is 1.91. The van der Waals surface area contributed by atoms with Crippen LogP contribution in [-0.2, 0) is 4.79 Å². The monoisotopic (exact) mass is 315 g/mol. The first-order chi connectivity index (χ1) is 10.7. The molecule has 0 fully saturated rings. The summed E-state index contributed by atoms with van der Waals surface area (Å²) in [5, 5.41) is 10.1. The van der Waals surface area contributed by atoms with Gasteiger partial charge >= 0.3 is 0 Å². The second-order valence-corrected chi connectivity index (χ2v) is 6.11. The number of rotatable bonds is 4. The first kappa shape index (κ1) is 14.7. The molecule has 0 spiro atoms. The molecule has 1 amide bonds. The smallest absolute Gasteiger partial charge is 0.235 e. The van der Waals surface area contributed by atoms with Crippen LogP contribution in [0.15, 0.2) is 36.9 Å². The molecule has 0 saturated carbocycles. The van der Waals surface area contributed by atoms with E-state index in [0.717, 1.165) is 22.6 Å². The predicted molar refractivity (Wildman–Crippen MR) is 88.4 cm³/mol. The normalized spacial score (nSPS) is 17.3. The molecule has 3 rings (SSSR count). The summed E-state index contributed by atoms with van der Waals surface area (Å²) in [6.07, 6.45) is 1.72. The number of aryl methyl sites for hydroxylation is 1. The van der Waals surface area contributed by atoms with Gasteiger partial charge in [0.2, 0.25) is 5.91 Å². The first-order valence-corrected chi connectivity index (χ1v) is 8.04. The van der Waals surface area contributed by atoms with Crippen LogP contribution in [0.1, 0.15) is 22.1 Å². The third-order valence-electron chi connectivity index (χ3n) is 3.45. The number of carbonyl (C=O) groups excluding carboxylic acids is 1. The van der Waals surface area contributed by atoms with Gasteiger partial charge in [-0.1, -0.05) is 24.8 Å². The standard InChI is InChI=1S/C16H17N3O2S/c1-3-8-21-12-6-4-11(5-7-12)15-14-10(2)18-19-16(14)17-13(20)9-22-15/h3-7,15H,1,8-9H2,2H3,(H2,17,18,19,20)/t15-/m0/s1. The minimum Gasteiger partial charge on any atom is -0.490 e. The molecule has 5 nitrogen and oxygen atoms in total. The number of nitrogens with zero attached hydrogens (tertiary/aromatic N) is 1. The van der Waals surface area contributed by atoms with Crippen LogP contribution in [0.4, 0.5) is 5.82 Å². The first-order valence-electron chi connectivity index (χ1n) is 6.99. The minimum atomic E-state index is -0.0220. The fourth-order valence-corrected chi connectivity index (χ4v) is 3.62. The molecule has 2 heterocycles. The third-order valence-corrected chi connectivity index (χ3v) is 4.72. The lowest BCUT2D eigenvalue weighted by Gasteiger charge is -2.15. The van der Waals surface area contributed by atoms with Gasteiger partial charge in [0.15, 0.2) is 5.82 Å². The third kappa shape index (κ3) is 2.87. The van der Waals surface area contributed by atoms with Crippen molar-refractivity contribution in [1.29, 1.82) is 0 Å². The number of amides is 1. The van der Waals surface area contributed by atoms with Crippen LogP contribution in [0.3, 0.4) is 0 Å². The van der Waals surface area contributed by atoms with Crippen molar-refractivity contribution in [2.75, 3.05) is 17.7 Å². The summed E-state index contributed by atoms with van der Waals surface area (Å²) in [6, 6.07) is 7.94.